The molecule has 1 heterocycles. The van der Waals surface area contributed by atoms with Crippen LogP contribution < -0.4 is 0 Å². The second-order valence-electron chi connectivity index (χ2n) is 5.76. The number of likely N-dealkylation sites (N-methyl/N-ethyl adjacent to an activating group) is 1. The second-order valence-corrected chi connectivity index (χ2v) is 5.76. The van der Waals surface area contributed by atoms with E-state index in [0.29, 0.717) is 12.5 Å². The molecular formula is C15H26N2O3. The molecular weight excluding hydrogens is 256 g/mol. The van der Waals surface area contributed by atoms with E-state index in [1.807, 2.05) is 6.92 Å². The molecule has 0 unspecified atom stereocenters. The molecule has 0 aliphatic heterocycles. The molecule has 1 N–H and O–H groups in total. The van der Waals surface area contributed by atoms with Crippen LogP contribution in [0.25, 0.3) is 0 Å². The normalized spacial score (nSPS) is 11.9. The van der Waals surface area contributed by atoms with Crippen molar-refractivity contribution < 1.29 is 14.4 Å². The van der Waals surface area contributed by atoms with Gasteiger partial charge in [0.2, 0.25) is 5.76 Å². The van der Waals surface area contributed by atoms with Gasteiger partial charge in [-0.2, -0.15) is 0 Å². The molecule has 1 amide bonds. The standard InChI is InChI=1S/C15H26N2O3/c1-6-11(7-2)12-9-13(20-16-12)14(18)17(8-3)10-15(4,5)19/h9,11,19H,6-8,10H2,1-5H3. The van der Waals surface area contributed by atoms with E-state index in [1.54, 1.807) is 24.8 Å². The first kappa shape index (κ1) is 16.7. The molecule has 0 atom stereocenters. The zero-order valence-electron chi connectivity index (χ0n) is 13.1. The fourth-order valence-corrected chi connectivity index (χ4v) is 2.24. The summed E-state index contributed by atoms with van der Waals surface area (Å²) >= 11 is 0. The monoisotopic (exact) mass is 282 g/mol. The van der Waals surface area contributed by atoms with Gasteiger partial charge in [0.25, 0.3) is 5.91 Å². The topological polar surface area (TPSA) is 66.6 Å². The summed E-state index contributed by atoms with van der Waals surface area (Å²) < 4.78 is 5.19. The van der Waals surface area contributed by atoms with Crippen molar-refractivity contribution in [3.63, 3.8) is 0 Å². The minimum absolute atomic E-state index is 0.223. The zero-order valence-corrected chi connectivity index (χ0v) is 13.1. The van der Waals surface area contributed by atoms with E-state index in [-0.39, 0.29) is 18.2 Å². The lowest BCUT2D eigenvalue weighted by atomic mass is 9.99. The Morgan fingerprint density at radius 3 is 2.45 bits per heavy atom. The van der Waals surface area contributed by atoms with E-state index >= 15 is 0 Å². The minimum atomic E-state index is -0.927. The van der Waals surface area contributed by atoms with Gasteiger partial charge in [-0.25, -0.2) is 0 Å². The van der Waals surface area contributed by atoms with Gasteiger partial charge in [0.1, 0.15) is 0 Å². The first-order chi connectivity index (χ1) is 9.32. The van der Waals surface area contributed by atoms with Gasteiger partial charge in [-0.05, 0) is 33.6 Å². The maximum atomic E-state index is 12.3. The lowest BCUT2D eigenvalue weighted by Gasteiger charge is -2.27. The second kappa shape index (κ2) is 6.88. The summed E-state index contributed by atoms with van der Waals surface area (Å²) in [6.45, 7) is 10.2. The molecule has 0 spiro atoms. The van der Waals surface area contributed by atoms with E-state index in [1.165, 1.54) is 0 Å². The van der Waals surface area contributed by atoms with E-state index in [4.69, 9.17) is 4.52 Å². The number of rotatable bonds is 7. The van der Waals surface area contributed by atoms with Gasteiger partial charge in [-0.15, -0.1) is 0 Å². The molecule has 20 heavy (non-hydrogen) atoms. The Bertz CT molecular complexity index is 431. The van der Waals surface area contributed by atoms with Crippen LogP contribution in [-0.2, 0) is 0 Å². The van der Waals surface area contributed by atoms with Crippen molar-refractivity contribution in [3.8, 4) is 0 Å². The number of amides is 1. The van der Waals surface area contributed by atoms with Crippen molar-refractivity contribution in [2.75, 3.05) is 13.1 Å². The van der Waals surface area contributed by atoms with Gasteiger partial charge >= 0.3 is 0 Å². The van der Waals surface area contributed by atoms with Crippen LogP contribution in [0.1, 0.15) is 69.6 Å². The SMILES string of the molecule is CCC(CC)c1cc(C(=O)N(CC)CC(C)(C)O)on1. The van der Waals surface area contributed by atoms with E-state index < -0.39 is 5.60 Å². The molecule has 114 valence electrons. The van der Waals surface area contributed by atoms with Gasteiger partial charge in [0.15, 0.2) is 0 Å². The van der Waals surface area contributed by atoms with Crippen molar-refractivity contribution in [1.29, 1.82) is 0 Å². The number of hydrogen-bond acceptors (Lipinski definition) is 4. The molecule has 0 fully saturated rings. The molecule has 1 aromatic rings. The van der Waals surface area contributed by atoms with E-state index in [2.05, 4.69) is 19.0 Å². The summed E-state index contributed by atoms with van der Waals surface area (Å²) in [6, 6.07) is 1.73. The van der Waals surface area contributed by atoms with Crippen molar-refractivity contribution >= 4 is 5.91 Å². The average Bonchev–Trinajstić information content (AvgIpc) is 2.85. The molecule has 1 rings (SSSR count). The predicted molar refractivity (Wildman–Crippen MR) is 77.7 cm³/mol. The molecule has 1 aromatic heterocycles. The fourth-order valence-electron chi connectivity index (χ4n) is 2.24. The predicted octanol–water partition coefficient (Wildman–Crippen LogP) is 2.81. The molecule has 0 aromatic carbocycles. The summed E-state index contributed by atoms with van der Waals surface area (Å²) in [5, 5.41) is 13.9. The third kappa shape index (κ3) is 4.34. The van der Waals surface area contributed by atoms with Crippen LogP contribution in [0.15, 0.2) is 10.6 Å². The number of aliphatic hydroxyl groups is 1. The molecule has 0 aliphatic carbocycles. The number of carbonyl (C=O) groups excluding carboxylic acids is 1. The van der Waals surface area contributed by atoms with Crippen LogP contribution in [-0.4, -0.2) is 39.8 Å². The van der Waals surface area contributed by atoms with Crippen molar-refractivity contribution in [1.82, 2.24) is 10.1 Å². The number of carbonyl (C=O) groups is 1. The van der Waals surface area contributed by atoms with Crippen LogP contribution in [0, 0.1) is 0 Å². The largest absolute Gasteiger partial charge is 0.389 e. The highest BCUT2D eigenvalue weighted by Gasteiger charge is 2.25. The summed E-state index contributed by atoms with van der Waals surface area (Å²) in [4.78, 5) is 13.9. The summed E-state index contributed by atoms with van der Waals surface area (Å²) in [5.74, 6) is 0.349. The van der Waals surface area contributed by atoms with Crippen molar-refractivity contribution in [3.05, 3.63) is 17.5 Å². The summed E-state index contributed by atoms with van der Waals surface area (Å²) in [5.41, 5.74) is -0.0955. The average molecular weight is 282 g/mol. The highest BCUT2D eigenvalue weighted by atomic mass is 16.5. The lowest BCUT2D eigenvalue weighted by molar-refractivity contribution is 0.0294. The van der Waals surface area contributed by atoms with Gasteiger partial charge in [0.05, 0.1) is 11.3 Å². The quantitative estimate of drug-likeness (QED) is 0.835. The Hall–Kier alpha value is -1.36. The molecule has 0 saturated carbocycles. The molecule has 0 radical (unpaired) electrons. The van der Waals surface area contributed by atoms with Crippen molar-refractivity contribution in [2.24, 2.45) is 0 Å². The van der Waals surface area contributed by atoms with E-state index in [9.17, 15) is 9.90 Å². The molecule has 5 heteroatoms. The Morgan fingerprint density at radius 1 is 1.40 bits per heavy atom. The first-order valence-electron chi connectivity index (χ1n) is 7.30. The first-order valence-corrected chi connectivity index (χ1v) is 7.30. The third-order valence-corrected chi connectivity index (χ3v) is 3.39. The molecule has 0 saturated heterocycles. The van der Waals surface area contributed by atoms with Gasteiger partial charge in [-0.1, -0.05) is 19.0 Å². The van der Waals surface area contributed by atoms with Crippen LogP contribution >= 0.6 is 0 Å². The Balaban J connectivity index is 2.86. The number of hydrogen-bond donors (Lipinski definition) is 1. The Kier molecular flexibility index (Phi) is 5.74. The smallest absolute Gasteiger partial charge is 0.292 e. The van der Waals surface area contributed by atoms with Crippen LogP contribution in [0.3, 0.4) is 0 Å². The number of nitrogens with zero attached hydrogens (tertiary/aromatic N) is 2. The fraction of sp³-hybridized carbons (Fsp3) is 0.733. The third-order valence-electron chi connectivity index (χ3n) is 3.39. The highest BCUT2D eigenvalue weighted by molar-refractivity contribution is 5.91. The van der Waals surface area contributed by atoms with Crippen LogP contribution in [0.4, 0.5) is 0 Å². The van der Waals surface area contributed by atoms with Gasteiger partial charge in [0, 0.05) is 25.1 Å². The van der Waals surface area contributed by atoms with Gasteiger partial charge < -0.3 is 14.5 Å². The van der Waals surface area contributed by atoms with Crippen molar-refractivity contribution in [2.45, 2.75) is 59.0 Å². The summed E-state index contributed by atoms with van der Waals surface area (Å²) in [6.07, 6.45) is 1.94. The maximum absolute atomic E-state index is 12.3. The maximum Gasteiger partial charge on any atom is 0.292 e. The van der Waals surface area contributed by atoms with E-state index in [0.717, 1.165) is 18.5 Å². The Morgan fingerprint density at radius 2 is 2.00 bits per heavy atom. The highest BCUT2D eigenvalue weighted by Crippen LogP contribution is 2.23. The van der Waals surface area contributed by atoms with Crippen LogP contribution in [0.5, 0.6) is 0 Å². The molecule has 0 aliphatic rings. The molecule has 0 bridgehead atoms. The zero-order chi connectivity index (χ0) is 15.3. The Labute approximate surface area is 120 Å². The lowest BCUT2D eigenvalue weighted by Crippen LogP contribution is -2.42. The minimum Gasteiger partial charge on any atom is -0.389 e. The van der Waals surface area contributed by atoms with Gasteiger partial charge in [-0.3, -0.25) is 4.79 Å². The van der Waals surface area contributed by atoms with Crippen LogP contribution in [0.2, 0.25) is 0 Å². The summed E-state index contributed by atoms with van der Waals surface area (Å²) in [7, 11) is 0. The number of aromatic nitrogens is 1. The molecule has 5 nitrogen and oxygen atoms in total.